The molecular formula is C29H22Cl2N4O3. The molecule has 2 saturated heterocycles. The summed E-state index contributed by atoms with van der Waals surface area (Å²) in [5.74, 6) is -1.86. The van der Waals surface area contributed by atoms with E-state index in [1.165, 1.54) is 4.90 Å². The Morgan fingerprint density at radius 1 is 0.895 bits per heavy atom. The summed E-state index contributed by atoms with van der Waals surface area (Å²) in [6.45, 7) is 4.03. The molecule has 0 saturated carbocycles. The SMILES string of the molecule is CC(C)C1NC2(c3ccccc3-n3c2nc2ccccc2c3=O)[C@H]2C(=O)N(c3cccc(Cl)c3Cl)C(=O)[C@@H]12. The maximum absolute atomic E-state index is 14.4. The van der Waals surface area contributed by atoms with Crippen molar-refractivity contribution in [1.82, 2.24) is 14.9 Å². The van der Waals surface area contributed by atoms with Gasteiger partial charge in [-0.2, -0.15) is 0 Å². The van der Waals surface area contributed by atoms with E-state index in [9.17, 15) is 14.4 Å². The minimum atomic E-state index is -1.19. The number of rotatable bonds is 2. The number of hydrogen-bond donors (Lipinski definition) is 1. The third kappa shape index (κ3) is 2.79. The fraction of sp³-hybridized carbons (Fsp3) is 0.241. The van der Waals surface area contributed by atoms with Crippen LogP contribution in [0, 0.1) is 17.8 Å². The lowest BCUT2D eigenvalue weighted by atomic mass is 9.75. The van der Waals surface area contributed by atoms with E-state index in [0.717, 1.165) is 5.56 Å². The molecule has 9 heteroatoms. The van der Waals surface area contributed by atoms with E-state index in [2.05, 4.69) is 5.32 Å². The second kappa shape index (κ2) is 7.99. The predicted molar refractivity (Wildman–Crippen MR) is 146 cm³/mol. The van der Waals surface area contributed by atoms with E-state index in [1.807, 2.05) is 44.2 Å². The van der Waals surface area contributed by atoms with Gasteiger partial charge in [-0.15, -0.1) is 0 Å². The van der Waals surface area contributed by atoms with Crippen LogP contribution < -0.4 is 15.8 Å². The highest BCUT2D eigenvalue weighted by atomic mass is 35.5. The van der Waals surface area contributed by atoms with Crippen molar-refractivity contribution in [3.8, 4) is 5.69 Å². The fourth-order valence-corrected chi connectivity index (χ4v) is 7.01. The summed E-state index contributed by atoms with van der Waals surface area (Å²) in [6, 6.07) is 19.2. The number of imide groups is 1. The van der Waals surface area contributed by atoms with E-state index in [4.69, 9.17) is 28.2 Å². The number of hydrogen-bond acceptors (Lipinski definition) is 5. The molecule has 4 aromatic rings. The van der Waals surface area contributed by atoms with Crippen LogP contribution in [-0.4, -0.2) is 27.4 Å². The zero-order valence-electron chi connectivity index (χ0n) is 20.5. The average molecular weight is 545 g/mol. The molecule has 1 spiro atoms. The third-order valence-corrected chi connectivity index (χ3v) is 9.00. The number of para-hydroxylation sites is 2. The largest absolute Gasteiger partial charge is 0.296 e. The molecule has 7 rings (SSSR count). The van der Waals surface area contributed by atoms with Crippen molar-refractivity contribution in [2.75, 3.05) is 4.90 Å². The molecule has 2 fully saturated rings. The van der Waals surface area contributed by atoms with Gasteiger partial charge in [0.15, 0.2) is 0 Å². The summed E-state index contributed by atoms with van der Waals surface area (Å²) >= 11 is 12.8. The van der Waals surface area contributed by atoms with Crippen molar-refractivity contribution >= 4 is 51.6 Å². The minimum Gasteiger partial charge on any atom is -0.296 e. The lowest BCUT2D eigenvalue weighted by Crippen LogP contribution is -2.51. The topological polar surface area (TPSA) is 84.3 Å². The zero-order valence-corrected chi connectivity index (χ0v) is 22.0. The van der Waals surface area contributed by atoms with Crippen LogP contribution >= 0.6 is 23.2 Å². The van der Waals surface area contributed by atoms with Crippen LogP contribution in [0.1, 0.15) is 25.2 Å². The Balaban J connectivity index is 1.54. The van der Waals surface area contributed by atoms with Crippen molar-refractivity contribution in [2.45, 2.75) is 25.4 Å². The smallest absolute Gasteiger partial charge is 0.266 e. The van der Waals surface area contributed by atoms with Crippen molar-refractivity contribution in [3.05, 3.63) is 98.5 Å². The minimum absolute atomic E-state index is 0.00167. The first-order valence-electron chi connectivity index (χ1n) is 12.5. The Morgan fingerprint density at radius 3 is 2.39 bits per heavy atom. The summed E-state index contributed by atoms with van der Waals surface area (Å²) in [6.07, 6.45) is 0. The Bertz CT molecular complexity index is 1770. The Kier molecular flexibility index (Phi) is 4.96. The van der Waals surface area contributed by atoms with Crippen LogP contribution in [0.5, 0.6) is 0 Å². The summed E-state index contributed by atoms with van der Waals surface area (Å²) in [5.41, 5.74) is 0.795. The number of halogens is 2. The normalized spacial score (nSPS) is 25.5. The van der Waals surface area contributed by atoms with Crippen LogP contribution in [0.4, 0.5) is 5.69 Å². The van der Waals surface area contributed by atoms with Crippen molar-refractivity contribution < 1.29 is 9.59 Å². The summed E-state index contributed by atoms with van der Waals surface area (Å²) in [5, 5.41) is 4.57. The van der Waals surface area contributed by atoms with E-state index >= 15 is 0 Å². The molecule has 0 radical (unpaired) electrons. The maximum atomic E-state index is 14.4. The molecule has 190 valence electrons. The molecule has 1 aromatic heterocycles. The number of nitrogens with zero attached hydrogens (tertiary/aromatic N) is 3. The quantitative estimate of drug-likeness (QED) is 0.370. The first-order chi connectivity index (χ1) is 18.3. The van der Waals surface area contributed by atoms with Gasteiger partial charge in [-0.25, -0.2) is 9.88 Å². The molecule has 2 unspecified atom stereocenters. The van der Waals surface area contributed by atoms with Gasteiger partial charge >= 0.3 is 0 Å². The fourth-order valence-electron chi connectivity index (χ4n) is 6.63. The van der Waals surface area contributed by atoms with Gasteiger partial charge in [0.05, 0.1) is 44.2 Å². The van der Waals surface area contributed by atoms with Crippen molar-refractivity contribution in [3.63, 3.8) is 0 Å². The lowest BCUT2D eigenvalue weighted by molar-refractivity contribution is -0.123. The highest BCUT2D eigenvalue weighted by Crippen LogP contribution is 2.57. The van der Waals surface area contributed by atoms with Gasteiger partial charge in [0.2, 0.25) is 11.8 Å². The van der Waals surface area contributed by atoms with Gasteiger partial charge in [-0.3, -0.25) is 24.3 Å². The van der Waals surface area contributed by atoms with E-state index in [0.29, 0.717) is 22.4 Å². The van der Waals surface area contributed by atoms with Gasteiger partial charge in [0.25, 0.3) is 5.56 Å². The number of aromatic nitrogens is 2. The number of amides is 2. The number of anilines is 1. The monoisotopic (exact) mass is 544 g/mol. The summed E-state index contributed by atoms with van der Waals surface area (Å²) in [7, 11) is 0. The summed E-state index contributed by atoms with van der Waals surface area (Å²) in [4.78, 5) is 48.5. The summed E-state index contributed by atoms with van der Waals surface area (Å²) < 4.78 is 1.59. The molecule has 3 aromatic carbocycles. The van der Waals surface area contributed by atoms with Gasteiger partial charge < -0.3 is 0 Å². The first kappa shape index (κ1) is 23.6. The molecular weight excluding hydrogens is 523 g/mol. The van der Waals surface area contributed by atoms with Gasteiger partial charge in [0, 0.05) is 11.6 Å². The molecule has 3 aliphatic heterocycles. The van der Waals surface area contributed by atoms with Crippen LogP contribution in [-0.2, 0) is 15.1 Å². The predicted octanol–water partition coefficient (Wildman–Crippen LogP) is 4.68. The number of fused-ring (bicyclic) bond motifs is 8. The van der Waals surface area contributed by atoms with Crippen molar-refractivity contribution in [1.29, 1.82) is 0 Å². The first-order valence-corrected chi connectivity index (χ1v) is 13.2. The van der Waals surface area contributed by atoms with Crippen molar-refractivity contribution in [2.24, 2.45) is 17.8 Å². The van der Waals surface area contributed by atoms with E-state index < -0.39 is 23.3 Å². The second-order valence-corrected chi connectivity index (χ2v) is 11.2. The third-order valence-electron chi connectivity index (χ3n) is 8.19. The Morgan fingerprint density at radius 2 is 1.61 bits per heavy atom. The Hall–Kier alpha value is -3.52. The maximum Gasteiger partial charge on any atom is 0.266 e. The van der Waals surface area contributed by atoms with E-state index in [1.54, 1.807) is 41.0 Å². The van der Waals surface area contributed by atoms with E-state index in [-0.39, 0.29) is 39.2 Å². The molecule has 7 nitrogen and oxygen atoms in total. The standard InChI is InChI=1S/C29H22Cl2N4O3/c1-14(2)24-21-22(27(38)34(26(21)37)20-13-7-10-17(30)23(20)31)29(33-24)16-9-4-6-12-19(16)35-25(36)15-8-3-5-11-18(15)32-28(29)35/h3-14,21-22,24,33H,1-2H3/t21-,22-,24?,29?/m1/s1. The Labute approximate surface area is 228 Å². The molecule has 2 amide bonds. The molecule has 0 aliphatic carbocycles. The zero-order chi connectivity index (χ0) is 26.5. The molecule has 4 heterocycles. The average Bonchev–Trinajstić information content (AvgIpc) is 3.50. The molecule has 38 heavy (non-hydrogen) atoms. The second-order valence-electron chi connectivity index (χ2n) is 10.4. The van der Waals surface area contributed by atoms with Crippen LogP contribution in [0.25, 0.3) is 16.6 Å². The molecule has 4 atom stereocenters. The number of carbonyl (C=O) groups is 2. The van der Waals surface area contributed by atoms with Gasteiger partial charge in [-0.05, 0) is 36.2 Å². The number of carbonyl (C=O) groups excluding carboxylic acids is 2. The molecule has 3 aliphatic rings. The highest BCUT2D eigenvalue weighted by Gasteiger charge is 2.70. The van der Waals surface area contributed by atoms with Crippen LogP contribution in [0.3, 0.4) is 0 Å². The molecule has 0 bridgehead atoms. The lowest BCUT2D eigenvalue weighted by Gasteiger charge is -2.32. The number of nitrogens with one attached hydrogen (secondary N) is 1. The van der Waals surface area contributed by atoms with Gasteiger partial charge in [-0.1, -0.05) is 73.4 Å². The van der Waals surface area contributed by atoms with Crippen LogP contribution in [0.2, 0.25) is 10.0 Å². The molecule has 1 N–H and O–H groups in total. The number of benzene rings is 3. The van der Waals surface area contributed by atoms with Gasteiger partial charge in [0.1, 0.15) is 11.4 Å². The van der Waals surface area contributed by atoms with Crippen LogP contribution in [0.15, 0.2) is 71.5 Å². The highest BCUT2D eigenvalue weighted by molar-refractivity contribution is 6.45.